The van der Waals surface area contributed by atoms with Crippen LogP contribution < -0.4 is 25.0 Å². The molecule has 0 aliphatic carbocycles. The third kappa shape index (κ3) is 4.09. The minimum Gasteiger partial charge on any atom is -0.497 e. The van der Waals surface area contributed by atoms with Crippen LogP contribution in [0.4, 0.5) is 10.5 Å². The van der Waals surface area contributed by atoms with E-state index in [0.29, 0.717) is 24.2 Å². The van der Waals surface area contributed by atoms with Crippen LogP contribution >= 0.6 is 15.9 Å². The molecule has 7 nitrogen and oxygen atoms in total. The molecule has 2 N–H and O–H groups in total. The quantitative estimate of drug-likeness (QED) is 0.486. The summed E-state index contributed by atoms with van der Waals surface area (Å²) in [6.07, 6.45) is 0.579. The van der Waals surface area contributed by atoms with E-state index < -0.39 is 5.72 Å². The summed E-state index contributed by atoms with van der Waals surface area (Å²) in [6.45, 7) is 2.28. The number of anilines is 1. The molecule has 3 aromatic carbocycles. The number of amides is 3. The topological polar surface area (TPSA) is 79.9 Å². The summed E-state index contributed by atoms with van der Waals surface area (Å²) in [5, 5.41) is 6.02. The molecule has 1 fully saturated rings. The average molecular weight is 522 g/mol. The van der Waals surface area contributed by atoms with Crippen molar-refractivity contribution < 1.29 is 19.1 Å². The molecule has 5 rings (SSSR count). The number of methoxy groups -OCH3 is 1. The monoisotopic (exact) mass is 521 g/mol. The van der Waals surface area contributed by atoms with Gasteiger partial charge in [-0.05, 0) is 61.0 Å². The van der Waals surface area contributed by atoms with Crippen molar-refractivity contribution in [2.75, 3.05) is 12.0 Å². The summed E-state index contributed by atoms with van der Waals surface area (Å²) in [6, 6.07) is 19.9. The number of hydrogen-bond donors (Lipinski definition) is 2. The van der Waals surface area contributed by atoms with Crippen molar-refractivity contribution in [1.82, 2.24) is 10.6 Å². The Labute approximate surface area is 206 Å². The third-order valence-corrected chi connectivity index (χ3v) is 6.71. The molecular weight excluding hydrogens is 498 g/mol. The van der Waals surface area contributed by atoms with E-state index in [9.17, 15) is 9.59 Å². The van der Waals surface area contributed by atoms with E-state index in [1.807, 2.05) is 55.5 Å². The molecule has 0 aromatic heterocycles. The number of benzene rings is 3. The summed E-state index contributed by atoms with van der Waals surface area (Å²) >= 11 is 3.49. The second kappa shape index (κ2) is 8.68. The van der Waals surface area contributed by atoms with Gasteiger partial charge in [0.15, 0.2) is 5.72 Å². The molecular formula is C26H24BrN3O4. The standard InChI is InChI=1S/C26H24BrN3O4/c1-26-14-22(21-13-18(27)8-11-23(21)34-26)29-25(32)30(26)19-5-3-4-17(12-19)24(31)28-15-16-6-9-20(33-2)10-7-16/h3-13,22H,14-15H2,1-2H3,(H,28,31)(H,29,32)/t22-,26-/m1/s1. The number of carbonyl (C=O) groups is 2. The Morgan fingerprint density at radius 1 is 1.21 bits per heavy atom. The van der Waals surface area contributed by atoms with Crippen LogP contribution in [0.2, 0.25) is 0 Å². The number of halogens is 1. The van der Waals surface area contributed by atoms with Crippen LogP contribution in [0.5, 0.6) is 11.5 Å². The fraction of sp³-hybridized carbons (Fsp3) is 0.231. The van der Waals surface area contributed by atoms with E-state index in [2.05, 4.69) is 26.6 Å². The number of carbonyl (C=O) groups excluding carboxylic acids is 2. The Bertz CT molecular complexity index is 1260. The van der Waals surface area contributed by atoms with Gasteiger partial charge in [-0.25, -0.2) is 4.79 Å². The first-order chi connectivity index (χ1) is 16.4. The highest BCUT2D eigenvalue weighted by molar-refractivity contribution is 9.10. The zero-order valence-electron chi connectivity index (χ0n) is 18.8. The highest BCUT2D eigenvalue weighted by Gasteiger charge is 2.49. The van der Waals surface area contributed by atoms with E-state index >= 15 is 0 Å². The average Bonchev–Trinajstić information content (AvgIpc) is 2.83. The molecule has 2 heterocycles. The van der Waals surface area contributed by atoms with Gasteiger partial charge in [0.25, 0.3) is 5.91 Å². The predicted octanol–water partition coefficient (Wildman–Crippen LogP) is 5.16. The summed E-state index contributed by atoms with van der Waals surface area (Å²) < 4.78 is 12.4. The van der Waals surface area contributed by atoms with Crippen LogP contribution in [0.25, 0.3) is 0 Å². The van der Waals surface area contributed by atoms with Gasteiger partial charge in [-0.1, -0.05) is 34.1 Å². The first kappa shape index (κ1) is 22.3. The van der Waals surface area contributed by atoms with Gasteiger partial charge in [0, 0.05) is 28.6 Å². The highest BCUT2D eigenvalue weighted by Crippen LogP contribution is 2.46. The number of hydrogen-bond acceptors (Lipinski definition) is 4. The second-order valence-corrected chi connectivity index (χ2v) is 9.50. The zero-order chi connectivity index (χ0) is 23.9. The number of fused-ring (bicyclic) bond motifs is 4. The Hall–Kier alpha value is -3.52. The molecule has 3 aromatic rings. The van der Waals surface area contributed by atoms with Crippen LogP contribution in [-0.2, 0) is 6.54 Å². The molecule has 8 heteroatoms. The maximum absolute atomic E-state index is 13.2. The van der Waals surface area contributed by atoms with Gasteiger partial charge in [-0.2, -0.15) is 0 Å². The first-order valence-corrected chi connectivity index (χ1v) is 11.8. The maximum atomic E-state index is 13.2. The molecule has 2 aliphatic heterocycles. The molecule has 174 valence electrons. The zero-order valence-corrected chi connectivity index (χ0v) is 20.4. The van der Waals surface area contributed by atoms with E-state index in [4.69, 9.17) is 9.47 Å². The second-order valence-electron chi connectivity index (χ2n) is 8.58. The molecule has 0 saturated carbocycles. The van der Waals surface area contributed by atoms with E-state index in [-0.39, 0.29) is 18.0 Å². The van der Waals surface area contributed by atoms with E-state index in [1.54, 1.807) is 30.2 Å². The first-order valence-electron chi connectivity index (χ1n) is 11.0. The van der Waals surface area contributed by atoms with Crippen LogP contribution in [0, 0.1) is 0 Å². The van der Waals surface area contributed by atoms with Crippen molar-refractivity contribution in [1.29, 1.82) is 0 Å². The molecule has 2 aliphatic rings. The Kier molecular flexibility index (Phi) is 5.69. The number of rotatable bonds is 5. The Morgan fingerprint density at radius 2 is 2.00 bits per heavy atom. The highest BCUT2D eigenvalue weighted by atomic mass is 79.9. The number of nitrogens with zero attached hydrogens (tertiary/aromatic N) is 1. The van der Waals surface area contributed by atoms with Crippen molar-refractivity contribution >= 4 is 33.6 Å². The lowest BCUT2D eigenvalue weighted by atomic mass is 9.90. The van der Waals surface area contributed by atoms with Crippen LogP contribution in [0.3, 0.4) is 0 Å². The fourth-order valence-corrected chi connectivity index (χ4v) is 4.93. The van der Waals surface area contributed by atoms with Crippen molar-refractivity contribution in [3.63, 3.8) is 0 Å². The number of urea groups is 1. The minimum absolute atomic E-state index is 0.147. The van der Waals surface area contributed by atoms with Gasteiger partial charge < -0.3 is 20.1 Å². The van der Waals surface area contributed by atoms with Gasteiger partial charge in [0.2, 0.25) is 0 Å². The maximum Gasteiger partial charge on any atom is 0.325 e. The largest absolute Gasteiger partial charge is 0.497 e. The summed E-state index contributed by atoms with van der Waals surface area (Å²) in [4.78, 5) is 27.6. The fourth-order valence-electron chi connectivity index (χ4n) is 4.55. The van der Waals surface area contributed by atoms with E-state index in [0.717, 1.165) is 27.1 Å². The molecule has 2 bridgehead atoms. The lowest BCUT2D eigenvalue weighted by Crippen LogP contribution is -2.65. The van der Waals surface area contributed by atoms with Crippen molar-refractivity contribution in [3.05, 3.63) is 87.9 Å². The molecule has 34 heavy (non-hydrogen) atoms. The van der Waals surface area contributed by atoms with Crippen LogP contribution in [-0.4, -0.2) is 24.8 Å². The number of ether oxygens (including phenoxy) is 2. The van der Waals surface area contributed by atoms with Gasteiger partial charge in [-0.15, -0.1) is 0 Å². The Balaban J connectivity index is 1.36. The van der Waals surface area contributed by atoms with Crippen LogP contribution in [0.1, 0.15) is 40.9 Å². The lowest BCUT2D eigenvalue weighted by molar-refractivity contribution is 0.0378. The lowest BCUT2D eigenvalue weighted by Gasteiger charge is -2.50. The molecule has 0 radical (unpaired) electrons. The minimum atomic E-state index is -0.883. The van der Waals surface area contributed by atoms with Crippen LogP contribution in [0.15, 0.2) is 71.2 Å². The van der Waals surface area contributed by atoms with Crippen molar-refractivity contribution in [2.45, 2.75) is 31.7 Å². The van der Waals surface area contributed by atoms with E-state index in [1.165, 1.54) is 0 Å². The van der Waals surface area contributed by atoms with Crippen molar-refractivity contribution in [3.8, 4) is 11.5 Å². The van der Waals surface area contributed by atoms with Gasteiger partial charge in [-0.3, -0.25) is 9.69 Å². The smallest absolute Gasteiger partial charge is 0.325 e. The van der Waals surface area contributed by atoms with Gasteiger partial charge >= 0.3 is 6.03 Å². The SMILES string of the molecule is COc1ccc(CNC(=O)c2cccc(N3C(=O)N[C@@H]4C[C@@]3(C)Oc3ccc(Br)cc34)c2)cc1. The van der Waals surface area contributed by atoms with Gasteiger partial charge in [0.1, 0.15) is 11.5 Å². The van der Waals surface area contributed by atoms with Gasteiger partial charge in [0.05, 0.1) is 18.8 Å². The summed E-state index contributed by atoms with van der Waals surface area (Å²) in [7, 11) is 1.61. The predicted molar refractivity (Wildman–Crippen MR) is 132 cm³/mol. The molecule has 0 spiro atoms. The normalized spacial score (nSPS) is 20.6. The van der Waals surface area contributed by atoms with Crippen molar-refractivity contribution in [2.24, 2.45) is 0 Å². The molecule has 2 atom stereocenters. The Morgan fingerprint density at radius 3 is 2.76 bits per heavy atom. The molecule has 1 saturated heterocycles. The molecule has 0 unspecified atom stereocenters. The third-order valence-electron chi connectivity index (χ3n) is 6.21. The number of nitrogens with one attached hydrogen (secondary N) is 2. The molecule has 3 amide bonds. The summed E-state index contributed by atoms with van der Waals surface area (Å²) in [5.74, 6) is 1.27. The summed E-state index contributed by atoms with van der Waals surface area (Å²) in [5.41, 5.74) is 2.08.